The van der Waals surface area contributed by atoms with Crippen LogP contribution in [0.3, 0.4) is 0 Å². The standard InChI is InChI=1S/C61H109NO4/c1-11-13-15-17-18-25-31-52(30-24-16-14-12-2)65-58(63)32-26-20-19-22-28-50(42-45-62(9)10)29-23-21-27-33-59(64)66-53-40-43-60(7)51(46-53)36-37-54-56-39-38-55(61(56,8)44-41-57(54)60)49(6)35-34-48(5)47(3)4/h34-36,47-50,52-57H,11-33,37-46H2,1-10H3/b35-34+. The number of allylic oxidation sites excluding steroid dienone is 3. The van der Waals surface area contributed by atoms with E-state index in [0.29, 0.717) is 36.0 Å². The summed E-state index contributed by atoms with van der Waals surface area (Å²) in [6.07, 6.45) is 45.3. The maximum atomic E-state index is 13.2. The highest BCUT2D eigenvalue weighted by molar-refractivity contribution is 5.69. The topological polar surface area (TPSA) is 55.8 Å². The van der Waals surface area contributed by atoms with Gasteiger partial charge in [-0.1, -0.05) is 176 Å². The van der Waals surface area contributed by atoms with Crippen molar-refractivity contribution in [1.82, 2.24) is 4.90 Å². The molecule has 0 aromatic rings. The van der Waals surface area contributed by atoms with Crippen LogP contribution in [0, 0.1) is 58.2 Å². The first-order valence-corrected chi connectivity index (χ1v) is 29.1. The summed E-state index contributed by atoms with van der Waals surface area (Å²) < 4.78 is 12.3. The van der Waals surface area contributed by atoms with Crippen LogP contribution in [-0.2, 0) is 19.1 Å². The lowest BCUT2D eigenvalue weighted by Crippen LogP contribution is -2.51. The van der Waals surface area contributed by atoms with E-state index < -0.39 is 0 Å². The molecule has 0 aromatic carbocycles. The third-order valence-corrected chi connectivity index (χ3v) is 18.6. The molecular formula is C61H109NO4. The van der Waals surface area contributed by atoms with E-state index in [1.54, 1.807) is 5.57 Å². The van der Waals surface area contributed by atoms with Crippen molar-refractivity contribution < 1.29 is 19.1 Å². The predicted octanol–water partition coefficient (Wildman–Crippen LogP) is 17.5. The largest absolute Gasteiger partial charge is 0.462 e. The van der Waals surface area contributed by atoms with E-state index in [0.717, 1.165) is 87.5 Å². The number of rotatable bonds is 34. The van der Waals surface area contributed by atoms with Crippen LogP contribution in [0.15, 0.2) is 23.8 Å². The number of esters is 2. The van der Waals surface area contributed by atoms with Crippen molar-refractivity contribution in [2.24, 2.45) is 58.2 Å². The Kier molecular flexibility index (Phi) is 26.1. The normalized spacial score (nSPS) is 28.1. The molecule has 66 heavy (non-hydrogen) atoms. The summed E-state index contributed by atoms with van der Waals surface area (Å²) in [5, 5.41) is 0. The molecular weight excluding hydrogens is 811 g/mol. The van der Waals surface area contributed by atoms with Crippen molar-refractivity contribution in [3.05, 3.63) is 23.8 Å². The van der Waals surface area contributed by atoms with E-state index in [2.05, 4.69) is 92.6 Å². The molecule has 4 aliphatic rings. The molecule has 4 aliphatic carbocycles. The van der Waals surface area contributed by atoms with E-state index in [9.17, 15) is 9.59 Å². The summed E-state index contributed by atoms with van der Waals surface area (Å²) in [6, 6.07) is 0. The van der Waals surface area contributed by atoms with Crippen molar-refractivity contribution in [2.45, 2.75) is 273 Å². The first kappa shape index (κ1) is 57.0. The Bertz CT molecular complexity index is 1420. The number of carbonyl (C=O) groups excluding carboxylic acids is 2. The minimum atomic E-state index is 0.0302. The molecule has 11 atom stereocenters. The fourth-order valence-electron chi connectivity index (χ4n) is 13.9. The number of nitrogens with zero attached hydrogens (tertiary/aromatic N) is 1. The summed E-state index contributed by atoms with van der Waals surface area (Å²) >= 11 is 0. The Labute approximate surface area is 410 Å². The minimum Gasteiger partial charge on any atom is -0.462 e. The first-order chi connectivity index (χ1) is 31.7. The van der Waals surface area contributed by atoms with Crippen LogP contribution >= 0.6 is 0 Å². The molecule has 0 heterocycles. The molecule has 5 heteroatoms. The molecule has 4 rings (SSSR count). The number of fused-ring (bicyclic) bond motifs is 5. The van der Waals surface area contributed by atoms with E-state index in [1.807, 2.05) is 0 Å². The summed E-state index contributed by atoms with van der Waals surface area (Å²) in [7, 11) is 4.37. The molecule has 0 N–H and O–H groups in total. The maximum Gasteiger partial charge on any atom is 0.306 e. The molecule has 0 radical (unpaired) electrons. The summed E-state index contributed by atoms with van der Waals surface area (Å²) in [6.45, 7) is 20.5. The summed E-state index contributed by atoms with van der Waals surface area (Å²) in [5.74, 6) is 6.09. The van der Waals surface area contributed by atoms with Crippen LogP contribution in [0.25, 0.3) is 0 Å². The highest BCUT2D eigenvalue weighted by Gasteiger charge is 2.59. The highest BCUT2D eigenvalue weighted by Crippen LogP contribution is 2.67. The van der Waals surface area contributed by atoms with Gasteiger partial charge in [-0.05, 0) is 169 Å². The van der Waals surface area contributed by atoms with Gasteiger partial charge in [-0.25, -0.2) is 0 Å². The maximum absolute atomic E-state index is 13.2. The van der Waals surface area contributed by atoms with Crippen molar-refractivity contribution in [3.8, 4) is 0 Å². The lowest BCUT2D eigenvalue weighted by Gasteiger charge is -2.58. The molecule has 0 saturated heterocycles. The molecule has 0 aliphatic heterocycles. The number of hydrogen-bond acceptors (Lipinski definition) is 5. The van der Waals surface area contributed by atoms with Crippen molar-refractivity contribution >= 4 is 11.9 Å². The molecule has 0 bridgehead atoms. The van der Waals surface area contributed by atoms with Crippen LogP contribution in [0.2, 0.25) is 0 Å². The monoisotopic (exact) mass is 920 g/mol. The Morgan fingerprint density at radius 1 is 0.682 bits per heavy atom. The summed E-state index contributed by atoms with van der Waals surface area (Å²) in [5.41, 5.74) is 2.37. The molecule has 0 spiro atoms. The minimum absolute atomic E-state index is 0.0302. The predicted molar refractivity (Wildman–Crippen MR) is 281 cm³/mol. The highest BCUT2D eigenvalue weighted by atomic mass is 16.5. The Morgan fingerprint density at radius 3 is 1.92 bits per heavy atom. The van der Waals surface area contributed by atoms with Gasteiger partial charge in [0.1, 0.15) is 12.2 Å². The molecule has 0 amide bonds. The molecule has 3 fully saturated rings. The van der Waals surface area contributed by atoms with Gasteiger partial charge in [0.2, 0.25) is 0 Å². The van der Waals surface area contributed by atoms with Crippen LogP contribution in [-0.4, -0.2) is 49.7 Å². The fourth-order valence-corrected chi connectivity index (χ4v) is 13.9. The second kappa shape index (κ2) is 30.2. The Morgan fingerprint density at radius 2 is 1.27 bits per heavy atom. The molecule has 382 valence electrons. The summed E-state index contributed by atoms with van der Waals surface area (Å²) in [4.78, 5) is 28.4. The van der Waals surface area contributed by atoms with Crippen LogP contribution in [0.1, 0.15) is 261 Å². The van der Waals surface area contributed by atoms with Crippen molar-refractivity contribution in [3.63, 3.8) is 0 Å². The van der Waals surface area contributed by atoms with E-state index in [1.165, 1.54) is 141 Å². The number of carbonyl (C=O) groups is 2. The van der Waals surface area contributed by atoms with Gasteiger partial charge in [0.05, 0.1) is 0 Å². The van der Waals surface area contributed by atoms with Gasteiger partial charge >= 0.3 is 11.9 Å². The third-order valence-electron chi connectivity index (χ3n) is 18.6. The van der Waals surface area contributed by atoms with Gasteiger partial charge in [-0.3, -0.25) is 9.59 Å². The number of hydrogen-bond donors (Lipinski definition) is 0. The van der Waals surface area contributed by atoms with E-state index in [-0.39, 0.29) is 29.6 Å². The van der Waals surface area contributed by atoms with Gasteiger partial charge in [0, 0.05) is 19.3 Å². The molecule has 0 aromatic heterocycles. The lowest BCUT2D eigenvalue weighted by atomic mass is 9.47. The van der Waals surface area contributed by atoms with Crippen LogP contribution < -0.4 is 0 Å². The quantitative estimate of drug-likeness (QED) is 0.0366. The van der Waals surface area contributed by atoms with Gasteiger partial charge in [-0.15, -0.1) is 0 Å². The number of unbranched alkanes of at least 4 members (excludes halogenated alkanes) is 13. The van der Waals surface area contributed by atoms with Gasteiger partial charge in [0.25, 0.3) is 0 Å². The molecule has 11 unspecified atom stereocenters. The van der Waals surface area contributed by atoms with Gasteiger partial charge in [-0.2, -0.15) is 0 Å². The van der Waals surface area contributed by atoms with Crippen molar-refractivity contribution in [1.29, 1.82) is 0 Å². The fraction of sp³-hybridized carbons (Fsp3) is 0.902. The van der Waals surface area contributed by atoms with Gasteiger partial charge in [0.15, 0.2) is 0 Å². The average Bonchev–Trinajstić information content (AvgIpc) is 3.65. The molecule has 3 saturated carbocycles. The van der Waals surface area contributed by atoms with Gasteiger partial charge < -0.3 is 14.4 Å². The lowest BCUT2D eigenvalue weighted by molar-refractivity contribution is -0.152. The first-order valence-electron chi connectivity index (χ1n) is 29.1. The van der Waals surface area contributed by atoms with Crippen molar-refractivity contribution in [2.75, 3.05) is 20.6 Å². The Hall–Kier alpha value is -1.62. The SMILES string of the molecule is CCCCCCCCC(CCCCCC)OC(=O)CCCCCCC(CCCCCC(=O)OC1CCC2(C)C(=CCC3C2CCC2(C)C(C(C)/C=C/C(C)C(C)C)CCC32)C1)CCN(C)C. The van der Waals surface area contributed by atoms with Crippen LogP contribution in [0.4, 0.5) is 0 Å². The molecule has 5 nitrogen and oxygen atoms in total. The third kappa shape index (κ3) is 18.3. The van der Waals surface area contributed by atoms with Crippen LogP contribution in [0.5, 0.6) is 0 Å². The zero-order valence-electron chi connectivity index (χ0n) is 45.4. The second-order valence-corrected chi connectivity index (χ2v) is 24.2. The smallest absolute Gasteiger partial charge is 0.306 e. The van der Waals surface area contributed by atoms with E-state index >= 15 is 0 Å². The second-order valence-electron chi connectivity index (χ2n) is 24.2. The Balaban J connectivity index is 1.11. The zero-order chi connectivity index (χ0) is 48.0. The zero-order valence-corrected chi connectivity index (χ0v) is 45.4. The van der Waals surface area contributed by atoms with E-state index in [4.69, 9.17) is 9.47 Å². The number of ether oxygens (including phenoxy) is 2. The average molecular weight is 921 g/mol.